The van der Waals surface area contributed by atoms with Crippen molar-refractivity contribution in [3.63, 3.8) is 0 Å². The molecule has 2 N–H and O–H groups in total. The Balaban J connectivity index is 1.75. The summed E-state index contributed by atoms with van der Waals surface area (Å²) in [5.41, 5.74) is 4.94. The zero-order chi connectivity index (χ0) is 17.8. The highest BCUT2D eigenvalue weighted by Gasteiger charge is 2.08. The van der Waals surface area contributed by atoms with Crippen LogP contribution in [0.2, 0.25) is 5.02 Å². The summed E-state index contributed by atoms with van der Waals surface area (Å²) in [4.78, 5) is 16.5. The van der Waals surface area contributed by atoms with Crippen LogP contribution in [-0.4, -0.2) is 10.9 Å². The third-order valence-corrected chi connectivity index (χ3v) is 4.18. The second-order valence-electron chi connectivity index (χ2n) is 5.87. The van der Waals surface area contributed by atoms with Gasteiger partial charge < -0.3 is 10.6 Å². The lowest BCUT2D eigenvalue weighted by atomic mass is 10.2. The first-order valence-corrected chi connectivity index (χ1v) is 8.25. The summed E-state index contributed by atoms with van der Waals surface area (Å²) in [5.74, 6) is -0.207. The topological polar surface area (TPSA) is 54.0 Å². The number of carbonyl (C=O) groups is 1. The summed E-state index contributed by atoms with van der Waals surface area (Å²) in [5, 5.41) is 6.76. The van der Waals surface area contributed by atoms with Crippen LogP contribution in [0.5, 0.6) is 0 Å². The molecule has 0 unspecified atom stereocenters. The summed E-state index contributed by atoms with van der Waals surface area (Å²) >= 11 is 6.14. The SMILES string of the molecule is Cc1ccc(NC(=O)c2cncc(Nc3ccc(C)c(Cl)c3)c2)cc1. The third-order valence-electron chi connectivity index (χ3n) is 3.77. The van der Waals surface area contributed by atoms with E-state index in [0.717, 1.165) is 28.2 Å². The van der Waals surface area contributed by atoms with Crippen molar-refractivity contribution in [1.82, 2.24) is 4.98 Å². The van der Waals surface area contributed by atoms with E-state index in [-0.39, 0.29) is 5.91 Å². The molecular formula is C20H18ClN3O. The summed E-state index contributed by atoms with van der Waals surface area (Å²) in [7, 11) is 0. The maximum absolute atomic E-state index is 12.4. The van der Waals surface area contributed by atoms with Gasteiger partial charge in [-0.3, -0.25) is 9.78 Å². The Hall–Kier alpha value is -2.85. The van der Waals surface area contributed by atoms with Gasteiger partial charge in [0, 0.05) is 22.6 Å². The molecule has 0 spiro atoms. The normalized spacial score (nSPS) is 10.4. The number of hydrogen-bond donors (Lipinski definition) is 2. The summed E-state index contributed by atoms with van der Waals surface area (Å²) < 4.78 is 0. The van der Waals surface area contributed by atoms with Crippen LogP contribution in [0.3, 0.4) is 0 Å². The van der Waals surface area contributed by atoms with Gasteiger partial charge >= 0.3 is 0 Å². The molecule has 5 heteroatoms. The van der Waals surface area contributed by atoms with E-state index in [4.69, 9.17) is 11.6 Å². The van der Waals surface area contributed by atoms with E-state index in [1.54, 1.807) is 12.3 Å². The number of pyridine rings is 1. The predicted octanol–water partition coefficient (Wildman–Crippen LogP) is 5.35. The van der Waals surface area contributed by atoms with Crippen LogP contribution < -0.4 is 10.6 Å². The van der Waals surface area contributed by atoms with Crippen molar-refractivity contribution in [3.05, 3.63) is 82.6 Å². The van der Waals surface area contributed by atoms with Crippen LogP contribution in [-0.2, 0) is 0 Å². The smallest absolute Gasteiger partial charge is 0.257 e. The van der Waals surface area contributed by atoms with E-state index in [1.807, 2.05) is 56.3 Å². The molecule has 3 rings (SSSR count). The number of rotatable bonds is 4. The number of benzene rings is 2. The summed E-state index contributed by atoms with van der Waals surface area (Å²) in [6.45, 7) is 3.95. The highest BCUT2D eigenvalue weighted by Crippen LogP contribution is 2.23. The second-order valence-corrected chi connectivity index (χ2v) is 6.28. The maximum Gasteiger partial charge on any atom is 0.257 e. The van der Waals surface area contributed by atoms with Crippen molar-refractivity contribution in [2.75, 3.05) is 10.6 Å². The summed E-state index contributed by atoms with van der Waals surface area (Å²) in [6, 6.07) is 15.1. The quantitative estimate of drug-likeness (QED) is 0.666. The van der Waals surface area contributed by atoms with E-state index < -0.39 is 0 Å². The average Bonchev–Trinajstić information content (AvgIpc) is 2.60. The molecule has 0 aliphatic rings. The minimum absolute atomic E-state index is 0.207. The lowest BCUT2D eigenvalue weighted by molar-refractivity contribution is 0.102. The Morgan fingerprint density at radius 2 is 1.64 bits per heavy atom. The van der Waals surface area contributed by atoms with Gasteiger partial charge in [0.1, 0.15) is 0 Å². The number of aryl methyl sites for hydroxylation is 2. The van der Waals surface area contributed by atoms with Gasteiger partial charge in [-0.1, -0.05) is 35.4 Å². The molecule has 0 saturated heterocycles. The van der Waals surface area contributed by atoms with Gasteiger partial charge in [0.15, 0.2) is 0 Å². The zero-order valence-corrected chi connectivity index (χ0v) is 14.8. The molecule has 0 aliphatic heterocycles. The van der Waals surface area contributed by atoms with Crippen LogP contribution in [0, 0.1) is 13.8 Å². The molecule has 0 fully saturated rings. The van der Waals surface area contributed by atoms with Crippen molar-refractivity contribution < 1.29 is 4.79 Å². The van der Waals surface area contributed by atoms with Gasteiger partial charge in [-0.2, -0.15) is 0 Å². The zero-order valence-electron chi connectivity index (χ0n) is 14.0. The maximum atomic E-state index is 12.4. The summed E-state index contributed by atoms with van der Waals surface area (Å²) in [6.07, 6.45) is 3.20. The standard InChI is InChI=1S/C20H18ClN3O/c1-13-3-6-16(7-4-13)24-20(25)15-9-18(12-22-11-15)23-17-8-5-14(2)19(21)10-17/h3-12,23H,1-2H3,(H,24,25). The van der Waals surface area contributed by atoms with Crippen LogP contribution in [0.15, 0.2) is 60.9 Å². The van der Waals surface area contributed by atoms with E-state index in [2.05, 4.69) is 15.6 Å². The minimum Gasteiger partial charge on any atom is -0.354 e. The van der Waals surface area contributed by atoms with E-state index in [9.17, 15) is 4.79 Å². The molecule has 0 atom stereocenters. The first-order chi connectivity index (χ1) is 12.0. The van der Waals surface area contributed by atoms with Crippen molar-refractivity contribution in [2.45, 2.75) is 13.8 Å². The van der Waals surface area contributed by atoms with Gasteiger partial charge in [-0.05, 0) is 49.7 Å². The van der Waals surface area contributed by atoms with Crippen molar-refractivity contribution in [1.29, 1.82) is 0 Å². The molecule has 2 aromatic carbocycles. The largest absolute Gasteiger partial charge is 0.354 e. The van der Waals surface area contributed by atoms with Gasteiger partial charge in [0.05, 0.1) is 17.4 Å². The molecule has 1 heterocycles. The lowest BCUT2D eigenvalue weighted by Gasteiger charge is -2.10. The molecule has 3 aromatic rings. The van der Waals surface area contributed by atoms with E-state index in [0.29, 0.717) is 10.6 Å². The molecule has 0 aliphatic carbocycles. The van der Waals surface area contributed by atoms with E-state index in [1.165, 1.54) is 6.20 Å². The van der Waals surface area contributed by atoms with Crippen molar-refractivity contribution in [2.24, 2.45) is 0 Å². The molecule has 4 nitrogen and oxygen atoms in total. The first kappa shape index (κ1) is 17.0. The fourth-order valence-corrected chi connectivity index (χ4v) is 2.49. The van der Waals surface area contributed by atoms with Crippen molar-refractivity contribution in [3.8, 4) is 0 Å². The number of anilines is 3. The number of amides is 1. The van der Waals surface area contributed by atoms with Crippen LogP contribution in [0.25, 0.3) is 0 Å². The first-order valence-electron chi connectivity index (χ1n) is 7.87. The molecule has 0 saturated carbocycles. The molecule has 1 aromatic heterocycles. The minimum atomic E-state index is -0.207. The Labute approximate surface area is 151 Å². The molecule has 126 valence electrons. The second kappa shape index (κ2) is 7.36. The van der Waals surface area contributed by atoms with Gasteiger partial charge in [-0.25, -0.2) is 0 Å². The molecule has 0 bridgehead atoms. The lowest BCUT2D eigenvalue weighted by Crippen LogP contribution is -2.12. The Kier molecular flexibility index (Phi) is 5.00. The van der Waals surface area contributed by atoms with Gasteiger partial charge in [0.25, 0.3) is 5.91 Å². The molecule has 25 heavy (non-hydrogen) atoms. The fourth-order valence-electron chi connectivity index (χ4n) is 2.31. The molecule has 0 radical (unpaired) electrons. The number of carbonyl (C=O) groups excluding carboxylic acids is 1. The Morgan fingerprint density at radius 3 is 2.36 bits per heavy atom. The number of aromatic nitrogens is 1. The number of halogens is 1. The van der Waals surface area contributed by atoms with Crippen LogP contribution >= 0.6 is 11.6 Å². The number of hydrogen-bond acceptors (Lipinski definition) is 3. The molecule has 1 amide bonds. The fraction of sp³-hybridized carbons (Fsp3) is 0.100. The average molecular weight is 352 g/mol. The van der Waals surface area contributed by atoms with Gasteiger partial charge in [-0.15, -0.1) is 0 Å². The predicted molar refractivity (Wildman–Crippen MR) is 103 cm³/mol. The number of nitrogens with one attached hydrogen (secondary N) is 2. The van der Waals surface area contributed by atoms with Crippen LogP contribution in [0.1, 0.15) is 21.5 Å². The monoisotopic (exact) mass is 351 g/mol. The Morgan fingerprint density at radius 1 is 0.920 bits per heavy atom. The highest BCUT2D eigenvalue weighted by atomic mass is 35.5. The van der Waals surface area contributed by atoms with Crippen molar-refractivity contribution >= 4 is 34.6 Å². The van der Waals surface area contributed by atoms with Crippen LogP contribution in [0.4, 0.5) is 17.1 Å². The van der Waals surface area contributed by atoms with Gasteiger partial charge in [0.2, 0.25) is 0 Å². The third kappa shape index (κ3) is 4.37. The highest BCUT2D eigenvalue weighted by molar-refractivity contribution is 6.31. The molecular weight excluding hydrogens is 334 g/mol. The number of nitrogens with zero attached hydrogens (tertiary/aromatic N) is 1. The van der Waals surface area contributed by atoms with E-state index >= 15 is 0 Å². The Bertz CT molecular complexity index is 907.